The Balaban J connectivity index is 0.00000220. The molecule has 2 heterocycles. The van der Waals surface area contributed by atoms with Crippen LogP contribution in [0.15, 0.2) is 16.3 Å². The number of sulfone groups is 1. The van der Waals surface area contributed by atoms with Crippen molar-refractivity contribution in [2.24, 2.45) is 0 Å². The Kier molecular flexibility index (Phi) is 6.09. The van der Waals surface area contributed by atoms with Gasteiger partial charge in [0.25, 0.3) is 5.91 Å². The average molecular weight is 361 g/mol. The Hall–Kier alpha value is -0.770. The zero-order chi connectivity index (χ0) is 14.9. The summed E-state index contributed by atoms with van der Waals surface area (Å²) in [6.45, 7) is 1.39. The van der Waals surface area contributed by atoms with E-state index in [2.05, 4.69) is 5.32 Å². The van der Waals surface area contributed by atoms with E-state index in [-0.39, 0.29) is 23.3 Å². The van der Waals surface area contributed by atoms with Gasteiger partial charge in [0.2, 0.25) is 9.84 Å². The molecule has 1 atom stereocenters. The van der Waals surface area contributed by atoms with Gasteiger partial charge in [-0.1, -0.05) is 0 Å². The molecular formula is C11H15ClF2N2O3S2. The molecule has 1 aliphatic rings. The zero-order valence-electron chi connectivity index (χ0n) is 11.1. The first-order valence-electron chi connectivity index (χ1n) is 5.93. The van der Waals surface area contributed by atoms with Gasteiger partial charge in [0.05, 0.1) is 4.90 Å². The number of hydrogen-bond acceptors (Lipinski definition) is 5. The molecular weight excluding hydrogens is 346 g/mol. The molecule has 0 saturated carbocycles. The number of halogens is 3. The van der Waals surface area contributed by atoms with Gasteiger partial charge in [-0.25, -0.2) is 8.42 Å². The van der Waals surface area contributed by atoms with Crippen LogP contribution in [0.5, 0.6) is 0 Å². The Bertz CT molecular complexity index is 600. The number of rotatable bonds is 4. The first-order valence-corrected chi connectivity index (χ1v) is 8.35. The van der Waals surface area contributed by atoms with Crippen molar-refractivity contribution in [2.75, 3.05) is 20.1 Å². The number of amides is 1. The third kappa shape index (κ3) is 3.53. The smallest absolute Gasteiger partial charge is 0.337 e. The van der Waals surface area contributed by atoms with E-state index in [0.717, 1.165) is 30.4 Å². The van der Waals surface area contributed by atoms with E-state index in [1.807, 2.05) is 0 Å². The van der Waals surface area contributed by atoms with Crippen LogP contribution in [0.2, 0.25) is 0 Å². The van der Waals surface area contributed by atoms with Crippen molar-refractivity contribution < 1.29 is 22.0 Å². The minimum Gasteiger partial charge on any atom is -0.337 e. The van der Waals surface area contributed by atoms with Crippen LogP contribution >= 0.6 is 23.7 Å². The van der Waals surface area contributed by atoms with Crippen molar-refractivity contribution in [2.45, 2.75) is 23.1 Å². The van der Waals surface area contributed by atoms with Crippen LogP contribution in [0.25, 0.3) is 0 Å². The van der Waals surface area contributed by atoms with Crippen LogP contribution in [0.4, 0.5) is 8.78 Å². The summed E-state index contributed by atoms with van der Waals surface area (Å²) < 4.78 is 48.3. The number of nitrogens with zero attached hydrogens (tertiary/aromatic N) is 1. The summed E-state index contributed by atoms with van der Waals surface area (Å²) in [6.07, 6.45) is 0.755. The summed E-state index contributed by atoms with van der Waals surface area (Å²) in [5, 5.41) is 4.42. The molecule has 5 nitrogen and oxygen atoms in total. The van der Waals surface area contributed by atoms with E-state index in [1.54, 1.807) is 7.05 Å². The number of likely N-dealkylation sites (N-methyl/N-ethyl adjacent to an activating group) is 1. The quantitative estimate of drug-likeness (QED) is 0.885. The van der Waals surface area contributed by atoms with Crippen molar-refractivity contribution in [3.63, 3.8) is 0 Å². The fraction of sp³-hybridized carbons (Fsp3) is 0.545. The minimum absolute atomic E-state index is 0. The zero-order valence-corrected chi connectivity index (χ0v) is 13.5. The molecule has 1 aliphatic heterocycles. The Morgan fingerprint density at radius 3 is 2.71 bits per heavy atom. The molecule has 1 fully saturated rings. The number of hydrogen-bond donors (Lipinski definition) is 1. The molecule has 10 heteroatoms. The predicted octanol–water partition coefficient (Wildman–Crippen LogP) is 1.60. The monoisotopic (exact) mass is 360 g/mol. The van der Waals surface area contributed by atoms with E-state index < -0.39 is 26.4 Å². The Morgan fingerprint density at radius 2 is 2.19 bits per heavy atom. The predicted molar refractivity (Wildman–Crippen MR) is 78.1 cm³/mol. The summed E-state index contributed by atoms with van der Waals surface area (Å²) in [6, 6.07) is 1.01. The third-order valence-electron chi connectivity index (χ3n) is 3.27. The second-order valence-corrected chi connectivity index (χ2v) is 7.28. The number of alkyl halides is 2. The van der Waals surface area contributed by atoms with Gasteiger partial charge in [-0.3, -0.25) is 4.79 Å². The van der Waals surface area contributed by atoms with Crippen LogP contribution in [0.3, 0.4) is 0 Å². The maximum atomic E-state index is 12.6. The molecule has 1 N–H and O–H groups in total. The molecule has 21 heavy (non-hydrogen) atoms. The molecule has 0 radical (unpaired) electrons. The van der Waals surface area contributed by atoms with Gasteiger partial charge >= 0.3 is 5.76 Å². The largest absolute Gasteiger partial charge is 0.341 e. The van der Waals surface area contributed by atoms with Gasteiger partial charge in [-0.2, -0.15) is 8.78 Å². The lowest BCUT2D eigenvalue weighted by molar-refractivity contribution is 0.0745. The van der Waals surface area contributed by atoms with Crippen LogP contribution in [-0.2, 0) is 9.84 Å². The van der Waals surface area contributed by atoms with Crippen molar-refractivity contribution >= 4 is 39.5 Å². The fourth-order valence-corrected chi connectivity index (χ4v) is 4.21. The molecule has 0 bridgehead atoms. The van der Waals surface area contributed by atoms with Gasteiger partial charge in [0.1, 0.15) is 4.88 Å². The van der Waals surface area contributed by atoms with E-state index in [0.29, 0.717) is 6.54 Å². The summed E-state index contributed by atoms with van der Waals surface area (Å²) >= 11 is 0.865. The molecule has 0 spiro atoms. The first kappa shape index (κ1) is 18.3. The highest BCUT2D eigenvalue weighted by atomic mass is 35.5. The minimum atomic E-state index is -4.75. The van der Waals surface area contributed by atoms with Crippen molar-refractivity contribution in [3.05, 3.63) is 16.3 Å². The lowest BCUT2D eigenvalue weighted by Crippen LogP contribution is -2.38. The normalized spacial score (nSPS) is 18.6. The molecule has 1 amide bonds. The first-order chi connectivity index (χ1) is 9.35. The van der Waals surface area contributed by atoms with Gasteiger partial charge in [-0.15, -0.1) is 23.7 Å². The van der Waals surface area contributed by atoms with Gasteiger partial charge in [0, 0.05) is 19.6 Å². The lowest BCUT2D eigenvalue weighted by atomic mass is 10.2. The summed E-state index contributed by atoms with van der Waals surface area (Å²) in [4.78, 5) is 13.0. The van der Waals surface area contributed by atoms with Crippen molar-refractivity contribution in [1.29, 1.82) is 0 Å². The molecule has 0 aliphatic carbocycles. The maximum Gasteiger partial charge on any atom is 0.341 e. The fourth-order valence-electron chi connectivity index (χ4n) is 2.07. The second kappa shape index (κ2) is 6.99. The molecule has 1 aromatic heterocycles. The van der Waals surface area contributed by atoms with Gasteiger partial charge in [-0.05, 0) is 24.4 Å². The van der Waals surface area contributed by atoms with Crippen molar-refractivity contribution in [3.8, 4) is 0 Å². The third-order valence-corrected chi connectivity index (χ3v) is 5.72. The standard InChI is InChI=1S/C11H14F2N2O3S2.ClH/c1-15(7-2-4-14-6-7)10(16)9-8(3-5-19-9)20(17,18)11(12)13;/h3,5,7,11,14H,2,4,6H2,1H3;1H. The van der Waals surface area contributed by atoms with Crippen LogP contribution in [-0.4, -0.2) is 51.2 Å². The molecule has 0 aromatic carbocycles. The lowest BCUT2D eigenvalue weighted by Gasteiger charge is -2.23. The van der Waals surface area contributed by atoms with E-state index in [1.165, 1.54) is 10.3 Å². The highest BCUT2D eigenvalue weighted by molar-refractivity contribution is 7.92. The molecule has 1 aromatic rings. The molecule has 1 saturated heterocycles. The van der Waals surface area contributed by atoms with Crippen molar-refractivity contribution in [1.82, 2.24) is 10.2 Å². The summed E-state index contributed by atoms with van der Waals surface area (Å²) in [7, 11) is -3.20. The molecule has 120 valence electrons. The topological polar surface area (TPSA) is 66.5 Å². The Morgan fingerprint density at radius 1 is 1.52 bits per heavy atom. The highest BCUT2D eigenvalue weighted by Gasteiger charge is 2.34. The molecule has 2 rings (SSSR count). The van der Waals surface area contributed by atoms with E-state index >= 15 is 0 Å². The van der Waals surface area contributed by atoms with Crippen LogP contribution in [0, 0.1) is 0 Å². The highest BCUT2D eigenvalue weighted by Crippen LogP contribution is 2.28. The number of thiophene rings is 1. The van der Waals surface area contributed by atoms with E-state index in [9.17, 15) is 22.0 Å². The van der Waals surface area contributed by atoms with Crippen LogP contribution < -0.4 is 5.32 Å². The van der Waals surface area contributed by atoms with Gasteiger partial charge in [0.15, 0.2) is 0 Å². The van der Waals surface area contributed by atoms with E-state index in [4.69, 9.17) is 0 Å². The Labute approximate surface area is 131 Å². The summed E-state index contributed by atoms with van der Waals surface area (Å²) in [5.41, 5.74) is 0. The maximum absolute atomic E-state index is 12.6. The average Bonchev–Trinajstić information content (AvgIpc) is 3.07. The second-order valence-electron chi connectivity index (χ2n) is 4.48. The number of carbonyl (C=O) groups is 1. The number of carbonyl (C=O) groups excluding carboxylic acids is 1. The molecule has 1 unspecified atom stereocenters. The number of nitrogens with one attached hydrogen (secondary N) is 1. The SMILES string of the molecule is CN(C(=O)c1sccc1S(=O)(=O)C(F)F)C1CCNC1.Cl. The van der Waals surface area contributed by atoms with Crippen LogP contribution in [0.1, 0.15) is 16.1 Å². The van der Waals surface area contributed by atoms with Gasteiger partial charge < -0.3 is 10.2 Å². The summed E-state index contributed by atoms with van der Waals surface area (Å²) in [5.74, 6) is -4.06.